The average molecular weight is 288 g/mol. The van der Waals surface area contributed by atoms with Crippen LogP contribution in [0.3, 0.4) is 0 Å². The van der Waals surface area contributed by atoms with E-state index in [9.17, 15) is 13.6 Å². The molecule has 0 saturated heterocycles. The summed E-state index contributed by atoms with van der Waals surface area (Å²) in [6.07, 6.45) is 4.46. The van der Waals surface area contributed by atoms with Crippen molar-refractivity contribution in [3.63, 3.8) is 0 Å². The third kappa shape index (κ3) is 4.22. The van der Waals surface area contributed by atoms with Crippen molar-refractivity contribution in [3.8, 4) is 0 Å². The van der Waals surface area contributed by atoms with Gasteiger partial charge in [0, 0.05) is 17.2 Å². The summed E-state index contributed by atoms with van der Waals surface area (Å²) in [6, 6.07) is 10.1. The topological polar surface area (TPSA) is 17.1 Å². The van der Waals surface area contributed by atoms with Gasteiger partial charge in [0.1, 0.15) is 11.6 Å². The van der Waals surface area contributed by atoms with Gasteiger partial charge >= 0.3 is 0 Å². The van der Waals surface area contributed by atoms with E-state index in [4.69, 9.17) is 0 Å². The smallest absolute Gasteiger partial charge is 0.193 e. The predicted molar refractivity (Wildman–Crippen MR) is 79.5 cm³/mol. The van der Waals surface area contributed by atoms with Crippen molar-refractivity contribution >= 4 is 5.78 Å². The van der Waals surface area contributed by atoms with E-state index in [1.54, 1.807) is 12.1 Å². The van der Waals surface area contributed by atoms with Crippen LogP contribution in [-0.4, -0.2) is 5.78 Å². The molecule has 0 aliphatic heterocycles. The summed E-state index contributed by atoms with van der Waals surface area (Å²) < 4.78 is 26.3. The van der Waals surface area contributed by atoms with Crippen molar-refractivity contribution in [2.75, 3.05) is 0 Å². The first-order valence-corrected chi connectivity index (χ1v) is 7.20. The minimum Gasteiger partial charge on any atom is -0.289 e. The van der Waals surface area contributed by atoms with E-state index in [1.165, 1.54) is 18.4 Å². The Morgan fingerprint density at radius 2 is 1.52 bits per heavy atom. The highest BCUT2D eigenvalue weighted by Gasteiger charge is 2.11. The molecule has 0 saturated carbocycles. The fourth-order valence-corrected chi connectivity index (χ4v) is 2.25. The molecule has 0 amide bonds. The first-order valence-electron chi connectivity index (χ1n) is 7.20. The van der Waals surface area contributed by atoms with Gasteiger partial charge in [0.15, 0.2) is 5.78 Å². The molecule has 0 bridgehead atoms. The van der Waals surface area contributed by atoms with Crippen molar-refractivity contribution < 1.29 is 13.6 Å². The SMILES string of the molecule is CCCCCc1ccc(C(=O)c2cc(F)cc(F)c2)cc1. The zero-order valence-electron chi connectivity index (χ0n) is 12.0. The van der Waals surface area contributed by atoms with Crippen LogP contribution in [0, 0.1) is 11.6 Å². The van der Waals surface area contributed by atoms with Crippen LogP contribution < -0.4 is 0 Å². The normalized spacial score (nSPS) is 10.6. The first kappa shape index (κ1) is 15.4. The van der Waals surface area contributed by atoms with E-state index in [0.29, 0.717) is 5.56 Å². The summed E-state index contributed by atoms with van der Waals surface area (Å²) in [5, 5.41) is 0. The molecular weight excluding hydrogens is 270 g/mol. The van der Waals surface area contributed by atoms with Gasteiger partial charge in [-0.05, 0) is 30.5 Å². The molecule has 1 nitrogen and oxygen atoms in total. The van der Waals surface area contributed by atoms with Gasteiger partial charge in [-0.15, -0.1) is 0 Å². The molecule has 0 atom stereocenters. The Hall–Kier alpha value is -2.03. The average Bonchev–Trinajstić information content (AvgIpc) is 2.46. The highest BCUT2D eigenvalue weighted by Crippen LogP contribution is 2.15. The Bertz CT molecular complexity index is 597. The quantitative estimate of drug-likeness (QED) is 0.544. The first-order chi connectivity index (χ1) is 10.1. The Morgan fingerprint density at radius 3 is 2.10 bits per heavy atom. The van der Waals surface area contributed by atoms with Crippen LogP contribution in [0.5, 0.6) is 0 Å². The third-order valence-corrected chi connectivity index (χ3v) is 3.41. The molecule has 2 rings (SSSR count). The summed E-state index contributed by atoms with van der Waals surface area (Å²) in [7, 11) is 0. The van der Waals surface area contributed by atoms with E-state index < -0.39 is 11.6 Å². The van der Waals surface area contributed by atoms with Crippen LogP contribution in [-0.2, 0) is 6.42 Å². The fraction of sp³-hybridized carbons (Fsp3) is 0.278. The van der Waals surface area contributed by atoms with Gasteiger partial charge in [0.05, 0.1) is 0 Å². The number of ketones is 1. The molecule has 0 aliphatic rings. The van der Waals surface area contributed by atoms with Crippen molar-refractivity contribution in [1.82, 2.24) is 0 Å². The Morgan fingerprint density at radius 1 is 0.905 bits per heavy atom. The lowest BCUT2D eigenvalue weighted by Crippen LogP contribution is -2.03. The molecule has 0 fully saturated rings. The molecule has 3 heteroatoms. The molecule has 0 heterocycles. The number of hydrogen-bond acceptors (Lipinski definition) is 1. The Balaban J connectivity index is 2.12. The molecule has 0 unspecified atom stereocenters. The Kier molecular flexibility index (Phi) is 5.20. The number of aryl methyl sites for hydroxylation is 1. The highest BCUT2D eigenvalue weighted by atomic mass is 19.1. The summed E-state index contributed by atoms with van der Waals surface area (Å²) in [5.74, 6) is -1.85. The maximum atomic E-state index is 13.1. The maximum absolute atomic E-state index is 13.1. The monoisotopic (exact) mass is 288 g/mol. The van der Waals surface area contributed by atoms with Gasteiger partial charge in [-0.3, -0.25) is 4.79 Å². The highest BCUT2D eigenvalue weighted by molar-refractivity contribution is 6.08. The number of carbonyl (C=O) groups is 1. The molecule has 2 aromatic rings. The summed E-state index contributed by atoms with van der Waals surface area (Å²) >= 11 is 0. The number of halogens is 2. The molecule has 0 aromatic heterocycles. The second kappa shape index (κ2) is 7.11. The molecule has 110 valence electrons. The lowest BCUT2D eigenvalue weighted by atomic mass is 10.00. The summed E-state index contributed by atoms with van der Waals surface area (Å²) in [5.41, 5.74) is 1.65. The zero-order chi connectivity index (χ0) is 15.2. The van der Waals surface area contributed by atoms with E-state index in [2.05, 4.69) is 6.92 Å². The number of benzene rings is 2. The summed E-state index contributed by atoms with van der Waals surface area (Å²) in [6.45, 7) is 2.15. The van der Waals surface area contributed by atoms with Crippen LogP contribution in [0.4, 0.5) is 8.78 Å². The van der Waals surface area contributed by atoms with Gasteiger partial charge in [0.2, 0.25) is 0 Å². The Labute approximate surface area is 123 Å². The van der Waals surface area contributed by atoms with Gasteiger partial charge in [0.25, 0.3) is 0 Å². The lowest BCUT2D eigenvalue weighted by molar-refractivity contribution is 0.103. The standard InChI is InChI=1S/C18H18F2O/c1-2-3-4-5-13-6-8-14(9-7-13)18(21)15-10-16(19)12-17(20)11-15/h6-12H,2-5H2,1H3. The minimum absolute atomic E-state index is 0.0335. The van der Waals surface area contributed by atoms with Crippen molar-refractivity contribution in [2.45, 2.75) is 32.6 Å². The fourth-order valence-electron chi connectivity index (χ4n) is 2.25. The second-order valence-electron chi connectivity index (χ2n) is 5.14. The van der Waals surface area contributed by atoms with Gasteiger partial charge in [-0.2, -0.15) is 0 Å². The molecule has 0 radical (unpaired) electrons. The molecule has 0 aliphatic carbocycles. The predicted octanol–water partition coefficient (Wildman–Crippen LogP) is 4.93. The van der Waals surface area contributed by atoms with Crippen molar-refractivity contribution in [1.29, 1.82) is 0 Å². The van der Waals surface area contributed by atoms with E-state index in [1.807, 2.05) is 12.1 Å². The lowest BCUT2D eigenvalue weighted by Gasteiger charge is -2.04. The summed E-state index contributed by atoms with van der Waals surface area (Å²) in [4.78, 5) is 12.2. The molecule has 0 N–H and O–H groups in total. The maximum Gasteiger partial charge on any atom is 0.193 e. The van der Waals surface area contributed by atoms with Crippen molar-refractivity contribution in [3.05, 3.63) is 70.8 Å². The number of rotatable bonds is 6. The van der Waals surface area contributed by atoms with E-state index in [-0.39, 0.29) is 11.3 Å². The van der Waals surface area contributed by atoms with Gasteiger partial charge in [-0.1, -0.05) is 44.0 Å². The third-order valence-electron chi connectivity index (χ3n) is 3.41. The largest absolute Gasteiger partial charge is 0.289 e. The van der Waals surface area contributed by atoms with E-state index in [0.717, 1.165) is 31.0 Å². The van der Waals surface area contributed by atoms with Crippen LogP contribution in [0.2, 0.25) is 0 Å². The van der Waals surface area contributed by atoms with Crippen LogP contribution >= 0.6 is 0 Å². The van der Waals surface area contributed by atoms with Crippen LogP contribution in [0.25, 0.3) is 0 Å². The molecule has 0 spiro atoms. The zero-order valence-corrected chi connectivity index (χ0v) is 12.0. The number of carbonyl (C=O) groups excluding carboxylic acids is 1. The van der Waals surface area contributed by atoms with E-state index >= 15 is 0 Å². The minimum atomic E-state index is -0.741. The van der Waals surface area contributed by atoms with Crippen molar-refractivity contribution in [2.24, 2.45) is 0 Å². The molecule has 2 aromatic carbocycles. The molecular formula is C18H18F2O. The van der Waals surface area contributed by atoms with Gasteiger partial charge < -0.3 is 0 Å². The van der Waals surface area contributed by atoms with Crippen LogP contribution in [0.1, 0.15) is 47.7 Å². The van der Waals surface area contributed by atoms with Gasteiger partial charge in [-0.25, -0.2) is 8.78 Å². The number of hydrogen-bond donors (Lipinski definition) is 0. The number of unbranched alkanes of at least 4 members (excludes halogenated alkanes) is 2. The van der Waals surface area contributed by atoms with Crippen LogP contribution in [0.15, 0.2) is 42.5 Å². The molecule has 21 heavy (non-hydrogen) atoms. The second-order valence-corrected chi connectivity index (χ2v) is 5.14.